The van der Waals surface area contributed by atoms with Gasteiger partial charge >= 0.3 is 6.18 Å². The van der Waals surface area contributed by atoms with Crippen LogP contribution in [0.5, 0.6) is 0 Å². The van der Waals surface area contributed by atoms with Gasteiger partial charge in [-0.15, -0.1) is 0 Å². The topological polar surface area (TPSA) is 29.9 Å². The highest BCUT2D eigenvalue weighted by Crippen LogP contribution is 2.38. The molecule has 1 N–H and O–H groups in total. The molecular formula is C18H21ClF3N3. The number of nitrogens with zero attached hydrogens (tertiary/aromatic N) is 2. The highest BCUT2D eigenvalue weighted by Gasteiger charge is 2.35. The zero-order valence-corrected chi connectivity index (χ0v) is 15.0. The van der Waals surface area contributed by atoms with Gasteiger partial charge in [0.1, 0.15) is 5.82 Å². The molecule has 0 amide bonds. The molecule has 3 rings (SSSR count). The molecule has 0 aliphatic carbocycles. The average molecular weight is 372 g/mol. The van der Waals surface area contributed by atoms with E-state index < -0.39 is 11.7 Å². The van der Waals surface area contributed by atoms with Gasteiger partial charge in [-0.1, -0.05) is 25.4 Å². The number of aromatic nitrogens is 2. The minimum absolute atomic E-state index is 0.0116. The van der Waals surface area contributed by atoms with E-state index in [9.17, 15) is 13.2 Å². The smallest absolute Gasteiger partial charge is 0.370 e. The van der Waals surface area contributed by atoms with Crippen LogP contribution >= 0.6 is 11.6 Å². The zero-order chi connectivity index (χ0) is 18.2. The first-order valence-corrected chi connectivity index (χ1v) is 8.87. The molecule has 1 aromatic heterocycles. The van der Waals surface area contributed by atoms with Gasteiger partial charge in [0.2, 0.25) is 0 Å². The normalized spacial score (nSPS) is 15.0. The SMILES string of the molecule is CC(C)Cc1nn(-c2ccc(Cl)cc2C(F)(F)F)c2c1CCCCN2. The number of fused-ring (bicyclic) bond motifs is 1. The largest absolute Gasteiger partial charge is 0.418 e. The molecule has 0 spiro atoms. The molecule has 0 saturated heterocycles. The van der Waals surface area contributed by atoms with Crippen LogP contribution in [0, 0.1) is 5.92 Å². The van der Waals surface area contributed by atoms with E-state index in [1.165, 1.54) is 16.8 Å². The second kappa shape index (κ2) is 6.90. The molecular weight excluding hydrogens is 351 g/mol. The third-order valence-electron chi connectivity index (χ3n) is 4.31. The van der Waals surface area contributed by atoms with Crippen molar-refractivity contribution in [2.45, 2.75) is 45.7 Å². The molecule has 25 heavy (non-hydrogen) atoms. The predicted octanol–water partition coefficient (Wildman–Crippen LogP) is 5.49. The molecule has 1 aliphatic heterocycles. The van der Waals surface area contributed by atoms with Gasteiger partial charge < -0.3 is 5.32 Å². The van der Waals surface area contributed by atoms with E-state index in [0.717, 1.165) is 49.6 Å². The van der Waals surface area contributed by atoms with Crippen molar-refractivity contribution in [3.05, 3.63) is 40.0 Å². The van der Waals surface area contributed by atoms with Crippen molar-refractivity contribution in [3.63, 3.8) is 0 Å². The lowest BCUT2D eigenvalue weighted by atomic mass is 10.0. The second-order valence-electron chi connectivity index (χ2n) is 6.83. The maximum Gasteiger partial charge on any atom is 0.418 e. The summed E-state index contributed by atoms with van der Waals surface area (Å²) >= 11 is 5.81. The molecule has 0 fully saturated rings. The van der Waals surface area contributed by atoms with E-state index in [4.69, 9.17) is 11.6 Å². The van der Waals surface area contributed by atoms with Gasteiger partial charge in [0, 0.05) is 17.1 Å². The van der Waals surface area contributed by atoms with E-state index in [-0.39, 0.29) is 10.7 Å². The summed E-state index contributed by atoms with van der Waals surface area (Å²) in [5.74, 6) is 1.06. The number of halogens is 4. The second-order valence-corrected chi connectivity index (χ2v) is 7.26. The van der Waals surface area contributed by atoms with Crippen LogP contribution in [0.25, 0.3) is 5.69 Å². The van der Waals surface area contributed by atoms with Crippen LogP contribution in [-0.4, -0.2) is 16.3 Å². The summed E-state index contributed by atoms with van der Waals surface area (Å²) in [7, 11) is 0. The Labute approximate surface area is 150 Å². The van der Waals surface area contributed by atoms with Gasteiger partial charge in [-0.2, -0.15) is 18.3 Å². The Hall–Kier alpha value is -1.69. The van der Waals surface area contributed by atoms with Gasteiger partial charge in [-0.25, -0.2) is 4.68 Å². The number of benzene rings is 1. The van der Waals surface area contributed by atoms with Gasteiger partial charge in [0.15, 0.2) is 0 Å². The maximum absolute atomic E-state index is 13.5. The molecule has 3 nitrogen and oxygen atoms in total. The fraction of sp³-hybridized carbons (Fsp3) is 0.500. The Balaban J connectivity index is 2.19. The third kappa shape index (κ3) is 3.78. The summed E-state index contributed by atoms with van der Waals surface area (Å²) in [5, 5.41) is 7.90. The van der Waals surface area contributed by atoms with Crippen molar-refractivity contribution in [2.24, 2.45) is 5.92 Å². The number of anilines is 1. The molecule has 1 aliphatic rings. The Morgan fingerprint density at radius 2 is 2.04 bits per heavy atom. The summed E-state index contributed by atoms with van der Waals surface area (Å²) in [6.07, 6.45) is -0.931. The number of hydrogen-bond acceptors (Lipinski definition) is 2. The fourth-order valence-electron chi connectivity index (χ4n) is 3.22. The number of nitrogens with one attached hydrogen (secondary N) is 1. The first-order chi connectivity index (χ1) is 11.8. The quantitative estimate of drug-likeness (QED) is 0.773. The van der Waals surface area contributed by atoms with Crippen molar-refractivity contribution in [3.8, 4) is 5.69 Å². The molecule has 136 valence electrons. The van der Waals surface area contributed by atoms with Crippen molar-refractivity contribution < 1.29 is 13.2 Å². The predicted molar refractivity (Wildman–Crippen MR) is 93.5 cm³/mol. The van der Waals surface area contributed by atoms with E-state index in [2.05, 4.69) is 24.3 Å². The first kappa shape index (κ1) is 18.1. The van der Waals surface area contributed by atoms with Crippen LogP contribution in [0.1, 0.15) is 43.5 Å². The molecule has 0 unspecified atom stereocenters. The van der Waals surface area contributed by atoms with Crippen LogP contribution in [0.2, 0.25) is 5.02 Å². The lowest BCUT2D eigenvalue weighted by molar-refractivity contribution is -0.137. The van der Waals surface area contributed by atoms with E-state index >= 15 is 0 Å². The number of rotatable bonds is 3. The van der Waals surface area contributed by atoms with Crippen LogP contribution in [0.4, 0.5) is 19.0 Å². The van der Waals surface area contributed by atoms with Crippen molar-refractivity contribution >= 4 is 17.4 Å². The third-order valence-corrected chi connectivity index (χ3v) is 4.54. The van der Waals surface area contributed by atoms with Crippen LogP contribution in [-0.2, 0) is 19.0 Å². The maximum atomic E-state index is 13.5. The molecule has 0 atom stereocenters. The minimum atomic E-state index is -4.50. The Bertz CT molecular complexity index is 766. The Morgan fingerprint density at radius 3 is 2.72 bits per heavy atom. The summed E-state index contributed by atoms with van der Waals surface area (Å²) in [4.78, 5) is 0. The molecule has 1 aromatic carbocycles. The lowest BCUT2D eigenvalue weighted by Crippen LogP contribution is -2.14. The standard InChI is InChI=1S/C18H21ClF3N3/c1-11(2)9-15-13-5-3-4-8-23-17(13)25(24-15)16-7-6-12(19)10-14(16)18(20,21)22/h6-7,10-11,23H,3-5,8-9H2,1-2H3. The van der Waals surface area contributed by atoms with E-state index in [1.807, 2.05) is 0 Å². The highest BCUT2D eigenvalue weighted by atomic mass is 35.5. The van der Waals surface area contributed by atoms with Gasteiger partial charge in [-0.05, 0) is 49.8 Å². The van der Waals surface area contributed by atoms with Gasteiger partial charge in [0.05, 0.1) is 16.9 Å². The van der Waals surface area contributed by atoms with E-state index in [1.54, 1.807) is 0 Å². The van der Waals surface area contributed by atoms with Crippen molar-refractivity contribution in [1.29, 1.82) is 0 Å². The molecule has 0 bridgehead atoms. The number of alkyl halides is 3. The number of hydrogen-bond donors (Lipinski definition) is 1. The van der Waals surface area contributed by atoms with Crippen LogP contribution in [0.15, 0.2) is 18.2 Å². The molecule has 2 heterocycles. The van der Waals surface area contributed by atoms with Crippen LogP contribution < -0.4 is 5.32 Å². The molecule has 7 heteroatoms. The van der Waals surface area contributed by atoms with Crippen molar-refractivity contribution in [1.82, 2.24) is 9.78 Å². The molecule has 2 aromatic rings. The highest BCUT2D eigenvalue weighted by molar-refractivity contribution is 6.30. The Kier molecular flexibility index (Phi) is 5.00. The van der Waals surface area contributed by atoms with Gasteiger partial charge in [0.25, 0.3) is 0 Å². The van der Waals surface area contributed by atoms with E-state index in [0.29, 0.717) is 11.7 Å². The molecule has 0 saturated carbocycles. The molecule has 0 radical (unpaired) electrons. The van der Waals surface area contributed by atoms with Gasteiger partial charge in [-0.3, -0.25) is 0 Å². The summed E-state index contributed by atoms with van der Waals surface area (Å²) in [6, 6.07) is 3.83. The average Bonchev–Trinajstić information content (AvgIpc) is 2.70. The van der Waals surface area contributed by atoms with Crippen LogP contribution in [0.3, 0.4) is 0 Å². The minimum Gasteiger partial charge on any atom is -0.370 e. The summed E-state index contributed by atoms with van der Waals surface area (Å²) < 4.78 is 42.0. The van der Waals surface area contributed by atoms with Crippen molar-refractivity contribution in [2.75, 3.05) is 11.9 Å². The first-order valence-electron chi connectivity index (χ1n) is 8.49. The zero-order valence-electron chi connectivity index (χ0n) is 14.3. The lowest BCUT2D eigenvalue weighted by Gasteiger charge is -2.16. The Morgan fingerprint density at radius 1 is 1.28 bits per heavy atom. The summed E-state index contributed by atoms with van der Waals surface area (Å²) in [5.41, 5.74) is 1.15. The fourth-order valence-corrected chi connectivity index (χ4v) is 3.39. The summed E-state index contributed by atoms with van der Waals surface area (Å²) in [6.45, 7) is 4.90. The monoisotopic (exact) mass is 371 g/mol.